The van der Waals surface area contributed by atoms with E-state index >= 15 is 0 Å². The standard InChI is InChI=1S/C17H20N4O3/c1-2-15-18-19-16(24-15)14-9-8-13-10-20(14)17(22)21(13)23-11-12-6-4-3-5-7-12/h3-7,13-14H,2,8-11H2,1H3. The summed E-state index contributed by atoms with van der Waals surface area (Å²) < 4.78 is 5.66. The van der Waals surface area contributed by atoms with Crippen LogP contribution >= 0.6 is 0 Å². The maximum absolute atomic E-state index is 12.7. The monoisotopic (exact) mass is 328 g/mol. The van der Waals surface area contributed by atoms with Crippen LogP contribution in [0.5, 0.6) is 0 Å². The van der Waals surface area contributed by atoms with Gasteiger partial charge in [0.15, 0.2) is 0 Å². The van der Waals surface area contributed by atoms with E-state index in [-0.39, 0.29) is 18.1 Å². The number of rotatable bonds is 5. The van der Waals surface area contributed by atoms with Gasteiger partial charge >= 0.3 is 6.03 Å². The van der Waals surface area contributed by atoms with Crippen LogP contribution in [0.15, 0.2) is 34.7 Å². The number of carbonyl (C=O) groups is 1. The quantitative estimate of drug-likeness (QED) is 0.844. The van der Waals surface area contributed by atoms with Crippen LogP contribution in [0.25, 0.3) is 0 Å². The lowest BCUT2D eigenvalue weighted by Gasteiger charge is -2.27. The van der Waals surface area contributed by atoms with E-state index in [0.29, 0.717) is 31.4 Å². The minimum absolute atomic E-state index is 0.0889. The molecule has 2 atom stereocenters. The van der Waals surface area contributed by atoms with Crippen LogP contribution in [-0.2, 0) is 17.9 Å². The second kappa shape index (κ2) is 6.24. The summed E-state index contributed by atoms with van der Waals surface area (Å²) in [6.45, 7) is 3.00. The van der Waals surface area contributed by atoms with Gasteiger partial charge in [0.05, 0.1) is 6.04 Å². The molecule has 1 aromatic carbocycles. The van der Waals surface area contributed by atoms with E-state index in [1.807, 2.05) is 37.3 Å². The van der Waals surface area contributed by atoms with Crippen molar-refractivity contribution in [3.8, 4) is 0 Å². The van der Waals surface area contributed by atoms with Crippen LogP contribution in [0.2, 0.25) is 0 Å². The van der Waals surface area contributed by atoms with Gasteiger partial charge in [-0.05, 0) is 18.4 Å². The summed E-state index contributed by atoms with van der Waals surface area (Å²) in [7, 11) is 0. The molecular formula is C17H20N4O3. The summed E-state index contributed by atoms with van der Waals surface area (Å²) >= 11 is 0. The van der Waals surface area contributed by atoms with Crippen LogP contribution in [0.1, 0.15) is 43.2 Å². The smallest absolute Gasteiger partial charge is 0.345 e. The number of urea groups is 1. The minimum Gasteiger partial charge on any atom is -0.423 e. The fourth-order valence-corrected chi connectivity index (χ4v) is 3.32. The van der Waals surface area contributed by atoms with Gasteiger partial charge in [-0.25, -0.2) is 4.79 Å². The van der Waals surface area contributed by atoms with Crippen molar-refractivity contribution < 1.29 is 14.0 Å². The second-order valence-electron chi connectivity index (χ2n) is 6.15. The molecule has 2 saturated heterocycles. The number of piperidine rings is 1. The molecule has 2 unspecified atom stereocenters. The van der Waals surface area contributed by atoms with Gasteiger partial charge < -0.3 is 9.32 Å². The molecule has 7 heteroatoms. The van der Waals surface area contributed by atoms with Gasteiger partial charge in [0.2, 0.25) is 11.8 Å². The molecule has 2 fully saturated rings. The van der Waals surface area contributed by atoms with E-state index in [4.69, 9.17) is 9.25 Å². The maximum Gasteiger partial charge on any atom is 0.345 e. The Morgan fingerprint density at radius 3 is 2.83 bits per heavy atom. The summed E-state index contributed by atoms with van der Waals surface area (Å²) in [5.41, 5.74) is 1.04. The number of fused-ring (bicyclic) bond motifs is 2. The zero-order valence-corrected chi connectivity index (χ0v) is 13.6. The maximum atomic E-state index is 12.7. The van der Waals surface area contributed by atoms with Gasteiger partial charge in [-0.3, -0.25) is 4.84 Å². The number of hydrogen-bond donors (Lipinski definition) is 0. The molecule has 0 saturated carbocycles. The summed E-state index contributed by atoms with van der Waals surface area (Å²) in [6.07, 6.45) is 2.38. The van der Waals surface area contributed by atoms with Gasteiger partial charge in [0, 0.05) is 13.0 Å². The predicted molar refractivity (Wildman–Crippen MR) is 84.6 cm³/mol. The molecule has 0 radical (unpaired) electrons. The average Bonchev–Trinajstić information content (AvgIpc) is 3.19. The molecule has 2 aromatic rings. The average molecular weight is 328 g/mol. The number of aryl methyl sites for hydroxylation is 1. The lowest BCUT2D eigenvalue weighted by atomic mass is 10.0. The molecule has 7 nitrogen and oxygen atoms in total. The predicted octanol–water partition coefficient (Wildman–Crippen LogP) is 2.70. The number of hydroxylamine groups is 2. The normalized spacial score (nSPS) is 23.1. The molecule has 1 aromatic heterocycles. The molecule has 4 rings (SSSR count). The Morgan fingerprint density at radius 2 is 2.08 bits per heavy atom. The first-order chi connectivity index (χ1) is 11.8. The molecule has 2 aliphatic heterocycles. The number of nitrogens with zero attached hydrogens (tertiary/aromatic N) is 4. The molecule has 126 valence electrons. The Hall–Kier alpha value is -2.41. The Kier molecular flexibility index (Phi) is 3.93. The first-order valence-corrected chi connectivity index (χ1v) is 8.35. The van der Waals surface area contributed by atoms with Crippen molar-refractivity contribution in [2.24, 2.45) is 0 Å². The molecule has 24 heavy (non-hydrogen) atoms. The zero-order chi connectivity index (χ0) is 16.5. The number of carbonyl (C=O) groups excluding carboxylic acids is 1. The fraction of sp³-hybridized carbons (Fsp3) is 0.471. The molecule has 2 bridgehead atoms. The highest BCUT2D eigenvalue weighted by Crippen LogP contribution is 2.38. The Labute approximate surface area is 140 Å². The number of amides is 2. The lowest BCUT2D eigenvalue weighted by molar-refractivity contribution is -0.140. The first-order valence-electron chi connectivity index (χ1n) is 8.35. The largest absolute Gasteiger partial charge is 0.423 e. The SMILES string of the molecule is CCc1nnc(C2CCC3CN2C(=O)N3OCc2ccccc2)o1. The molecule has 0 spiro atoms. The van der Waals surface area contributed by atoms with Crippen molar-refractivity contribution in [1.29, 1.82) is 0 Å². The van der Waals surface area contributed by atoms with Crippen LogP contribution in [0, 0.1) is 0 Å². The minimum atomic E-state index is -0.146. The second-order valence-corrected chi connectivity index (χ2v) is 6.15. The third-order valence-electron chi connectivity index (χ3n) is 4.61. The van der Waals surface area contributed by atoms with Crippen molar-refractivity contribution in [2.75, 3.05) is 6.54 Å². The molecule has 0 N–H and O–H groups in total. The van der Waals surface area contributed by atoms with Crippen molar-refractivity contribution in [3.63, 3.8) is 0 Å². The van der Waals surface area contributed by atoms with E-state index in [1.54, 1.807) is 4.90 Å². The Bertz CT molecular complexity index is 718. The van der Waals surface area contributed by atoms with Crippen LogP contribution in [0.3, 0.4) is 0 Å². The van der Waals surface area contributed by atoms with Crippen molar-refractivity contribution in [2.45, 2.75) is 44.9 Å². The number of benzene rings is 1. The van der Waals surface area contributed by atoms with E-state index in [2.05, 4.69) is 10.2 Å². The number of hydrogen-bond acceptors (Lipinski definition) is 5. The van der Waals surface area contributed by atoms with E-state index < -0.39 is 0 Å². The highest BCUT2D eigenvalue weighted by atomic mass is 16.7. The van der Waals surface area contributed by atoms with Crippen molar-refractivity contribution in [1.82, 2.24) is 20.2 Å². The number of aromatic nitrogens is 2. The topological polar surface area (TPSA) is 71.7 Å². The third-order valence-corrected chi connectivity index (χ3v) is 4.61. The van der Waals surface area contributed by atoms with Crippen LogP contribution in [-0.4, -0.2) is 38.8 Å². The summed E-state index contributed by atoms with van der Waals surface area (Å²) in [5, 5.41) is 9.64. The first kappa shape index (κ1) is 15.1. The van der Waals surface area contributed by atoms with Crippen molar-refractivity contribution >= 4 is 6.03 Å². The fourth-order valence-electron chi connectivity index (χ4n) is 3.32. The Balaban J connectivity index is 1.46. The Morgan fingerprint density at radius 1 is 1.25 bits per heavy atom. The van der Waals surface area contributed by atoms with E-state index in [0.717, 1.165) is 18.4 Å². The summed E-state index contributed by atoms with van der Waals surface area (Å²) in [4.78, 5) is 20.3. The third kappa shape index (κ3) is 2.65. The lowest BCUT2D eigenvalue weighted by Crippen LogP contribution is -2.34. The summed E-state index contributed by atoms with van der Waals surface area (Å²) in [6, 6.07) is 9.68. The molecule has 0 aliphatic carbocycles. The van der Waals surface area contributed by atoms with E-state index in [9.17, 15) is 4.79 Å². The van der Waals surface area contributed by atoms with E-state index in [1.165, 1.54) is 5.06 Å². The van der Waals surface area contributed by atoms with Gasteiger partial charge in [-0.2, -0.15) is 5.06 Å². The summed E-state index contributed by atoms with van der Waals surface area (Å²) in [5.74, 6) is 1.14. The van der Waals surface area contributed by atoms with Crippen LogP contribution in [0.4, 0.5) is 4.79 Å². The molecule has 2 amide bonds. The van der Waals surface area contributed by atoms with Gasteiger partial charge in [-0.1, -0.05) is 37.3 Å². The van der Waals surface area contributed by atoms with Gasteiger partial charge in [0.25, 0.3) is 0 Å². The highest BCUT2D eigenvalue weighted by Gasteiger charge is 2.47. The van der Waals surface area contributed by atoms with Crippen LogP contribution < -0.4 is 0 Å². The van der Waals surface area contributed by atoms with Gasteiger partial charge in [0.1, 0.15) is 12.6 Å². The highest BCUT2D eigenvalue weighted by molar-refractivity contribution is 5.77. The zero-order valence-electron chi connectivity index (χ0n) is 13.6. The molecular weight excluding hydrogens is 308 g/mol. The molecule has 2 aliphatic rings. The van der Waals surface area contributed by atoms with Gasteiger partial charge in [-0.15, -0.1) is 10.2 Å². The van der Waals surface area contributed by atoms with Crippen molar-refractivity contribution in [3.05, 3.63) is 47.7 Å². The molecule has 3 heterocycles.